The van der Waals surface area contributed by atoms with Crippen molar-refractivity contribution in [1.29, 1.82) is 0 Å². The van der Waals surface area contributed by atoms with E-state index in [1.54, 1.807) is 18.2 Å². The van der Waals surface area contributed by atoms with Crippen molar-refractivity contribution >= 4 is 38.4 Å². The van der Waals surface area contributed by atoms with Crippen molar-refractivity contribution in [2.45, 2.75) is 61.6 Å². The van der Waals surface area contributed by atoms with Gasteiger partial charge in [0.1, 0.15) is 5.82 Å². The lowest BCUT2D eigenvalue weighted by Gasteiger charge is -2.42. The number of nitrogens with zero attached hydrogens (tertiary/aromatic N) is 2. The zero-order chi connectivity index (χ0) is 25.0. The fraction of sp³-hybridized carbons (Fsp3) is 0.481. The van der Waals surface area contributed by atoms with E-state index in [1.807, 2.05) is 30.1 Å². The average Bonchev–Trinajstić information content (AvgIpc) is 3.19. The standard InChI is InChI=1S/C27H34FN3O2S2/c1-18-13-19(24-17-29-25-15-21(28)5-7-23(24)25)9-10-30(18)11-12-31-26-8-6-22(35(4,32)33)14-20(26)16-27(2,3)34-31/h5-8,14-15,17-19,29H,9-13,16H2,1-4H3/t18-,19+/m0/s1. The summed E-state index contributed by atoms with van der Waals surface area (Å²) in [6.45, 7) is 9.63. The highest BCUT2D eigenvalue weighted by Gasteiger charge is 2.33. The molecule has 0 unspecified atom stereocenters. The lowest BCUT2D eigenvalue weighted by molar-refractivity contribution is 0.152. The molecule has 1 N–H and O–H groups in total. The Morgan fingerprint density at radius 1 is 1.17 bits per heavy atom. The van der Waals surface area contributed by atoms with Crippen LogP contribution in [-0.2, 0) is 16.3 Å². The van der Waals surface area contributed by atoms with E-state index in [2.05, 4.69) is 41.2 Å². The van der Waals surface area contributed by atoms with Gasteiger partial charge in [-0.25, -0.2) is 12.8 Å². The Morgan fingerprint density at radius 2 is 1.97 bits per heavy atom. The predicted molar refractivity (Wildman–Crippen MR) is 144 cm³/mol. The lowest BCUT2D eigenvalue weighted by Crippen LogP contribution is -2.44. The molecule has 188 valence electrons. The molecule has 0 bridgehead atoms. The van der Waals surface area contributed by atoms with Gasteiger partial charge in [0.25, 0.3) is 0 Å². The minimum atomic E-state index is -3.22. The number of hydrogen-bond acceptors (Lipinski definition) is 5. The van der Waals surface area contributed by atoms with Gasteiger partial charge < -0.3 is 9.29 Å². The average molecular weight is 516 g/mol. The van der Waals surface area contributed by atoms with Crippen LogP contribution < -0.4 is 4.31 Å². The molecule has 5 rings (SSSR count). The molecule has 2 atom stereocenters. The molecule has 3 heterocycles. The highest BCUT2D eigenvalue weighted by molar-refractivity contribution is 8.02. The Balaban J connectivity index is 1.27. The number of rotatable bonds is 5. The number of aromatic amines is 1. The monoisotopic (exact) mass is 515 g/mol. The molecule has 1 aromatic heterocycles. The Labute approximate surface area is 212 Å². The van der Waals surface area contributed by atoms with Crippen LogP contribution in [0.3, 0.4) is 0 Å². The lowest BCUT2D eigenvalue weighted by atomic mass is 9.85. The summed E-state index contributed by atoms with van der Waals surface area (Å²) in [5.41, 5.74) is 4.42. The number of benzene rings is 2. The number of piperidine rings is 1. The molecule has 8 heteroatoms. The molecule has 1 fully saturated rings. The number of fused-ring (bicyclic) bond motifs is 2. The molecule has 5 nitrogen and oxygen atoms in total. The minimum absolute atomic E-state index is 0.0105. The molecule has 0 spiro atoms. The van der Waals surface area contributed by atoms with Crippen LogP contribution in [0, 0.1) is 5.82 Å². The summed E-state index contributed by atoms with van der Waals surface area (Å²) in [5, 5.41) is 1.13. The number of halogens is 1. The van der Waals surface area contributed by atoms with Gasteiger partial charge in [0.05, 0.1) is 10.6 Å². The largest absolute Gasteiger partial charge is 0.361 e. The van der Waals surface area contributed by atoms with Gasteiger partial charge in [0.15, 0.2) is 9.84 Å². The zero-order valence-corrected chi connectivity index (χ0v) is 22.5. The van der Waals surface area contributed by atoms with Crippen LogP contribution in [0.25, 0.3) is 10.9 Å². The molecule has 1 saturated heterocycles. The second-order valence-electron chi connectivity index (χ2n) is 10.7. The van der Waals surface area contributed by atoms with E-state index < -0.39 is 9.84 Å². The van der Waals surface area contributed by atoms with Gasteiger partial charge in [-0.2, -0.15) is 0 Å². The molecule has 2 aromatic carbocycles. The highest BCUT2D eigenvalue weighted by atomic mass is 32.2. The first kappa shape index (κ1) is 24.7. The van der Waals surface area contributed by atoms with E-state index in [1.165, 1.54) is 11.8 Å². The number of H-pyrrole nitrogens is 1. The molecule has 3 aromatic rings. The third-order valence-electron chi connectivity index (χ3n) is 7.44. The molecule has 0 radical (unpaired) electrons. The molecule has 2 aliphatic heterocycles. The second-order valence-corrected chi connectivity index (χ2v) is 14.5. The fourth-order valence-corrected chi connectivity index (χ4v) is 7.63. The van der Waals surface area contributed by atoms with Crippen LogP contribution in [-0.4, -0.2) is 55.0 Å². The van der Waals surface area contributed by atoms with Crippen LogP contribution in [0.4, 0.5) is 10.1 Å². The molecule has 2 aliphatic rings. The summed E-state index contributed by atoms with van der Waals surface area (Å²) >= 11 is 1.86. The third-order valence-corrected chi connectivity index (χ3v) is 9.79. The molecule has 0 saturated carbocycles. The molecule has 0 amide bonds. The summed E-state index contributed by atoms with van der Waals surface area (Å²) < 4.78 is 40.1. The third kappa shape index (κ3) is 5.11. The Hall–Kier alpha value is -2.03. The number of aromatic nitrogens is 1. The van der Waals surface area contributed by atoms with Crippen molar-refractivity contribution in [1.82, 2.24) is 9.88 Å². The van der Waals surface area contributed by atoms with Gasteiger partial charge in [-0.05, 0) is 112 Å². The van der Waals surface area contributed by atoms with Crippen LogP contribution >= 0.6 is 11.9 Å². The summed E-state index contributed by atoms with van der Waals surface area (Å²) in [7, 11) is -3.22. The maximum absolute atomic E-state index is 13.6. The fourth-order valence-electron chi connectivity index (χ4n) is 5.70. The first-order valence-electron chi connectivity index (χ1n) is 12.3. The topological polar surface area (TPSA) is 56.4 Å². The van der Waals surface area contributed by atoms with Crippen molar-refractivity contribution < 1.29 is 12.8 Å². The zero-order valence-electron chi connectivity index (χ0n) is 20.8. The van der Waals surface area contributed by atoms with Gasteiger partial charge in [0.2, 0.25) is 0 Å². The van der Waals surface area contributed by atoms with Crippen molar-refractivity contribution in [3.8, 4) is 0 Å². The molecular weight excluding hydrogens is 481 g/mol. The number of nitrogens with one attached hydrogen (secondary N) is 1. The van der Waals surface area contributed by atoms with Gasteiger partial charge in [0, 0.05) is 47.2 Å². The first-order valence-corrected chi connectivity index (χ1v) is 15.0. The first-order chi connectivity index (χ1) is 16.5. The van der Waals surface area contributed by atoms with Crippen LogP contribution in [0.2, 0.25) is 0 Å². The Morgan fingerprint density at radius 3 is 2.71 bits per heavy atom. The Kier molecular flexibility index (Phi) is 6.43. The second kappa shape index (κ2) is 9.12. The van der Waals surface area contributed by atoms with E-state index in [9.17, 15) is 12.8 Å². The predicted octanol–water partition coefficient (Wildman–Crippen LogP) is 5.77. The van der Waals surface area contributed by atoms with Crippen molar-refractivity contribution in [2.24, 2.45) is 0 Å². The van der Waals surface area contributed by atoms with Crippen molar-refractivity contribution in [3.05, 3.63) is 59.5 Å². The maximum Gasteiger partial charge on any atom is 0.175 e. The number of likely N-dealkylation sites (tertiary alicyclic amines) is 1. The number of anilines is 1. The summed E-state index contributed by atoms with van der Waals surface area (Å²) in [5.74, 6) is 0.265. The normalized spacial score (nSPS) is 22.9. The van der Waals surface area contributed by atoms with Gasteiger partial charge in [-0.1, -0.05) is 0 Å². The SMILES string of the molecule is C[C@H]1C[C@H](c2c[nH]c3cc(F)ccc23)CCN1CCN1SC(C)(C)Cc2cc(S(C)(=O)=O)ccc21. The summed E-state index contributed by atoms with van der Waals surface area (Å²) in [4.78, 5) is 6.22. The van der Waals surface area contributed by atoms with Crippen LogP contribution in [0.5, 0.6) is 0 Å². The molecular formula is C27H34FN3O2S2. The maximum atomic E-state index is 13.6. The van der Waals surface area contributed by atoms with Crippen molar-refractivity contribution in [2.75, 3.05) is 30.2 Å². The quantitative estimate of drug-likeness (QED) is 0.438. The molecule has 0 aliphatic carbocycles. The summed E-state index contributed by atoms with van der Waals surface area (Å²) in [6.07, 6.45) is 6.35. The molecule has 35 heavy (non-hydrogen) atoms. The number of sulfone groups is 1. The smallest absolute Gasteiger partial charge is 0.175 e. The summed E-state index contributed by atoms with van der Waals surface area (Å²) in [6, 6.07) is 11.0. The van der Waals surface area contributed by atoms with E-state index >= 15 is 0 Å². The minimum Gasteiger partial charge on any atom is -0.361 e. The van der Waals surface area contributed by atoms with E-state index in [0.29, 0.717) is 16.9 Å². The van der Waals surface area contributed by atoms with E-state index in [4.69, 9.17) is 0 Å². The Bertz CT molecular complexity index is 1350. The van der Waals surface area contributed by atoms with Gasteiger partial charge in [-0.15, -0.1) is 0 Å². The van der Waals surface area contributed by atoms with Crippen LogP contribution in [0.15, 0.2) is 47.5 Å². The van der Waals surface area contributed by atoms with Gasteiger partial charge >= 0.3 is 0 Å². The highest BCUT2D eigenvalue weighted by Crippen LogP contribution is 2.44. The van der Waals surface area contributed by atoms with Gasteiger partial charge in [-0.3, -0.25) is 4.90 Å². The van der Waals surface area contributed by atoms with Crippen LogP contribution in [0.1, 0.15) is 50.7 Å². The van der Waals surface area contributed by atoms with Crippen molar-refractivity contribution in [3.63, 3.8) is 0 Å². The van der Waals surface area contributed by atoms with E-state index in [0.717, 1.165) is 61.1 Å². The van der Waals surface area contributed by atoms with E-state index in [-0.39, 0.29) is 10.6 Å². The number of hydrogen-bond donors (Lipinski definition) is 1.